The third kappa shape index (κ3) is 1.68. The van der Waals surface area contributed by atoms with Gasteiger partial charge in [-0.1, -0.05) is 0 Å². The number of aryl methyl sites for hydroxylation is 1. The van der Waals surface area contributed by atoms with Gasteiger partial charge in [-0.15, -0.1) is 0 Å². The van der Waals surface area contributed by atoms with E-state index in [0.717, 1.165) is 18.7 Å². The first-order valence-corrected chi connectivity index (χ1v) is 5.44. The van der Waals surface area contributed by atoms with Crippen molar-refractivity contribution >= 4 is 0 Å². The number of H-pyrrole nitrogens is 1. The van der Waals surface area contributed by atoms with E-state index in [1.165, 1.54) is 11.3 Å². The highest BCUT2D eigenvalue weighted by atomic mass is 15.2. The first-order valence-electron chi connectivity index (χ1n) is 5.44. The van der Waals surface area contributed by atoms with Crippen LogP contribution in [0.2, 0.25) is 0 Å². The summed E-state index contributed by atoms with van der Waals surface area (Å²) in [5, 5.41) is 7.42. The van der Waals surface area contributed by atoms with Gasteiger partial charge in [0.05, 0.1) is 11.7 Å². The fraction of sp³-hybridized carbons (Fsp3) is 0.727. The van der Waals surface area contributed by atoms with Crippen molar-refractivity contribution < 1.29 is 0 Å². The fourth-order valence-corrected chi connectivity index (χ4v) is 2.61. The highest BCUT2D eigenvalue weighted by Crippen LogP contribution is 2.35. The van der Waals surface area contributed by atoms with E-state index >= 15 is 0 Å². The van der Waals surface area contributed by atoms with Crippen LogP contribution in [0.25, 0.3) is 0 Å². The Labute approximate surface area is 90.8 Å². The molecule has 15 heavy (non-hydrogen) atoms. The number of nitrogens with two attached hydrogens (primary N) is 1. The van der Waals surface area contributed by atoms with Crippen molar-refractivity contribution in [2.24, 2.45) is 5.73 Å². The minimum Gasteiger partial charge on any atom is -0.324 e. The molecule has 1 aromatic heterocycles. The molecular weight excluding hydrogens is 188 g/mol. The molecule has 1 aromatic rings. The molecule has 1 unspecified atom stereocenters. The quantitative estimate of drug-likeness (QED) is 0.723. The largest absolute Gasteiger partial charge is 0.324 e. The van der Waals surface area contributed by atoms with Gasteiger partial charge >= 0.3 is 0 Å². The molecule has 0 radical (unpaired) electrons. The molecule has 3 N–H and O–H groups in total. The Bertz CT molecular complexity index is 361. The minimum absolute atomic E-state index is 0.238. The lowest BCUT2D eigenvalue weighted by atomic mass is 9.84. The molecule has 1 atom stereocenters. The summed E-state index contributed by atoms with van der Waals surface area (Å²) in [6.45, 7) is 7.26. The molecule has 0 spiro atoms. The van der Waals surface area contributed by atoms with Gasteiger partial charge in [0.2, 0.25) is 0 Å². The van der Waals surface area contributed by atoms with Gasteiger partial charge in [-0.25, -0.2) is 0 Å². The zero-order valence-corrected chi connectivity index (χ0v) is 9.96. The van der Waals surface area contributed by atoms with Crippen molar-refractivity contribution in [2.75, 3.05) is 13.6 Å². The van der Waals surface area contributed by atoms with Crippen LogP contribution in [-0.2, 0) is 6.42 Å². The zero-order valence-electron chi connectivity index (χ0n) is 9.96. The molecule has 0 aliphatic carbocycles. The average Bonchev–Trinajstić information content (AvgIpc) is 2.46. The van der Waals surface area contributed by atoms with Gasteiger partial charge in [-0.3, -0.25) is 10.00 Å². The summed E-state index contributed by atoms with van der Waals surface area (Å²) in [4.78, 5) is 2.32. The van der Waals surface area contributed by atoms with E-state index in [4.69, 9.17) is 5.73 Å². The van der Waals surface area contributed by atoms with Gasteiger partial charge in [-0.2, -0.15) is 5.10 Å². The summed E-state index contributed by atoms with van der Waals surface area (Å²) in [7, 11) is 2.13. The highest BCUT2D eigenvalue weighted by molar-refractivity contribution is 5.33. The van der Waals surface area contributed by atoms with E-state index in [1.807, 2.05) is 0 Å². The maximum absolute atomic E-state index is 6.26. The summed E-state index contributed by atoms with van der Waals surface area (Å²) in [6.07, 6.45) is 1.02. The molecule has 4 nitrogen and oxygen atoms in total. The molecule has 2 heterocycles. The first kappa shape index (κ1) is 10.6. The monoisotopic (exact) mass is 208 g/mol. The fourth-order valence-electron chi connectivity index (χ4n) is 2.61. The maximum atomic E-state index is 6.26. The molecule has 0 amide bonds. The van der Waals surface area contributed by atoms with E-state index < -0.39 is 0 Å². The van der Waals surface area contributed by atoms with E-state index in [-0.39, 0.29) is 11.6 Å². The average molecular weight is 208 g/mol. The lowest BCUT2D eigenvalue weighted by molar-refractivity contribution is 0.157. The van der Waals surface area contributed by atoms with Crippen LogP contribution in [-0.4, -0.2) is 34.2 Å². The molecule has 0 aromatic carbocycles. The summed E-state index contributed by atoms with van der Waals surface area (Å²) in [6, 6.07) is 0.264. The number of fused-ring (bicyclic) bond motifs is 1. The highest BCUT2D eigenvalue weighted by Gasteiger charge is 2.37. The Morgan fingerprint density at radius 2 is 2.20 bits per heavy atom. The van der Waals surface area contributed by atoms with E-state index in [1.54, 1.807) is 0 Å². The Kier molecular flexibility index (Phi) is 2.35. The van der Waals surface area contributed by atoms with Crippen LogP contribution in [0.3, 0.4) is 0 Å². The lowest BCUT2D eigenvalue weighted by Crippen LogP contribution is -2.49. The summed E-state index contributed by atoms with van der Waals surface area (Å²) < 4.78 is 0. The second kappa shape index (κ2) is 3.32. The van der Waals surface area contributed by atoms with Crippen LogP contribution in [0.15, 0.2) is 0 Å². The molecule has 84 valence electrons. The number of rotatable bonds is 1. The standard InChI is InChI=1S/C11H20N4/c1-7-9-8(14-13-7)5-6-15(4)10(9)11(2,3)12/h10H,5-6,12H2,1-4H3,(H,13,14). The molecule has 0 bridgehead atoms. The lowest BCUT2D eigenvalue weighted by Gasteiger charge is -2.41. The van der Waals surface area contributed by atoms with Gasteiger partial charge in [0.15, 0.2) is 0 Å². The van der Waals surface area contributed by atoms with Crippen molar-refractivity contribution in [3.05, 3.63) is 17.0 Å². The number of hydrogen-bond donors (Lipinski definition) is 2. The summed E-state index contributed by atoms with van der Waals surface area (Å²) in [5.74, 6) is 0. The van der Waals surface area contributed by atoms with Gasteiger partial charge in [0.1, 0.15) is 0 Å². The topological polar surface area (TPSA) is 57.9 Å². The van der Waals surface area contributed by atoms with Crippen LogP contribution in [0, 0.1) is 6.92 Å². The minimum atomic E-state index is -0.238. The van der Waals surface area contributed by atoms with Gasteiger partial charge in [0.25, 0.3) is 0 Å². The Morgan fingerprint density at radius 1 is 1.53 bits per heavy atom. The smallest absolute Gasteiger partial charge is 0.0686 e. The first-order chi connectivity index (χ1) is 6.91. The Hall–Kier alpha value is -0.870. The third-order valence-corrected chi connectivity index (χ3v) is 3.19. The zero-order chi connectivity index (χ0) is 11.2. The second-order valence-corrected chi connectivity index (χ2v) is 5.16. The second-order valence-electron chi connectivity index (χ2n) is 5.16. The molecule has 0 saturated carbocycles. The molecule has 0 fully saturated rings. The van der Waals surface area contributed by atoms with E-state index in [9.17, 15) is 0 Å². The Balaban J connectivity index is 2.50. The maximum Gasteiger partial charge on any atom is 0.0686 e. The van der Waals surface area contributed by atoms with Crippen LogP contribution in [0.5, 0.6) is 0 Å². The molecule has 4 heteroatoms. The van der Waals surface area contributed by atoms with Crippen molar-refractivity contribution in [2.45, 2.75) is 38.8 Å². The van der Waals surface area contributed by atoms with Crippen molar-refractivity contribution in [3.8, 4) is 0 Å². The molecule has 0 saturated heterocycles. The van der Waals surface area contributed by atoms with E-state index in [0.29, 0.717) is 0 Å². The van der Waals surface area contributed by atoms with Gasteiger partial charge in [-0.05, 0) is 27.8 Å². The predicted octanol–water partition coefficient (Wildman–Crippen LogP) is 0.984. The predicted molar refractivity (Wildman–Crippen MR) is 60.7 cm³/mol. The van der Waals surface area contributed by atoms with Crippen LogP contribution in [0.4, 0.5) is 0 Å². The van der Waals surface area contributed by atoms with Crippen molar-refractivity contribution in [3.63, 3.8) is 0 Å². The third-order valence-electron chi connectivity index (χ3n) is 3.19. The number of hydrogen-bond acceptors (Lipinski definition) is 3. The molecule has 2 rings (SSSR count). The number of likely N-dealkylation sites (N-methyl/N-ethyl adjacent to an activating group) is 1. The number of aromatic nitrogens is 2. The van der Waals surface area contributed by atoms with Crippen molar-refractivity contribution in [1.29, 1.82) is 0 Å². The summed E-state index contributed by atoms with van der Waals surface area (Å²) in [5.41, 5.74) is 9.67. The van der Waals surface area contributed by atoms with Crippen LogP contribution >= 0.6 is 0 Å². The van der Waals surface area contributed by atoms with Gasteiger partial charge in [0, 0.05) is 29.8 Å². The normalized spacial score (nSPS) is 22.9. The number of aromatic amines is 1. The van der Waals surface area contributed by atoms with Crippen molar-refractivity contribution in [1.82, 2.24) is 15.1 Å². The molecule has 1 aliphatic heterocycles. The van der Waals surface area contributed by atoms with Gasteiger partial charge < -0.3 is 5.73 Å². The summed E-state index contributed by atoms with van der Waals surface area (Å²) >= 11 is 0. The molecule has 1 aliphatic rings. The van der Waals surface area contributed by atoms with Crippen LogP contribution < -0.4 is 5.73 Å². The molecular formula is C11H20N4. The van der Waals surface area contributed by atoms with E-state index in [2.05, 4.69) is 42.9 Å². The van der Waals surface area contributed by atoms with Crippen LogP contribution in [0.1, 0.15) is 36.8 Å². The Morgan fingerprint density at radius 3 is 2.80 bits per heavy atom. The SMILES string of the molecule is Cc1[nH]nc2c1C(C(C)(C)N)N(C)CC2. The number of nitrogens with zero attached hydrogens (tertiary/aromatic N) is 2. The number of nitrogens with one attached hydrogen (secondary N) is 1.